The normalized spacial score (nSPS) is 20.4. The first-order valence-corrected chi connectivity index (χ1v) is 4.62. The Morgan fingerprint density at radius 3 is 3.00 bits per heavy atom. The number of aromatic nitrogens is 1. The summed E-state index contributed by atoms with van der Waals surface area (Å²) in [6, 6.07) is 3.67. The first kappa shape index (κ1) is 9.27. The van der Waals surface area contributed by atoms with E-state index in [0.29, 0.717) is 11.7 Å². The lowest BCUT2D eigenvalue weighted by atomic mass is 10.1. The summed E-state index contributed by atoms with van der Waals surface area (Å²) in [6.07, 6.45) is -0.727. The van der Waals surface area contributed by atoms with Gasteiger partial charge in [-0.25, -0.2) is 9.78 Å². The number of nitrogens with one attached hydrogen (secondary N) is 1. The van der Waals surface area contributed by atoms with Crippen molar-refractivity contribution >= 4 is 17.7 Å². The highest BCUT2D eigenvalue weighted by atomic mass is 35.5. The monoisotopic (exact) mass is 212 g/mol. The van der Waals surface area contributed by atoms with Crippen molar-refractivity contribution in [2.75, 3.05) is 6.54 Å². The number of rotatable bonds is 1. The van der Waals surface area contributed by atoms with E-state index in [1.807, 2.05) is 19.1 Å². The van der Waals surface area contributed by atoms with E-state index in [1.165, 1.54) is 0 Å². The summed E-state index contributed by atoms with van der Waals surface area (Å²) in [5.74, 6) is 0. The van der Waals surface area contributed by atoms with Crippen molar-refractivity contribution in [3.8, 4) is 0 Å². The fourth-order valence-electron chi connectivity index (χ4n) is 1.34. The average Bonchev–Trinajstić information content (AvgIpc) is 2.51. The molecule has 5 heteroatoms. The van der Waals surface area contributed by atoms with Crippen molar-refractivity contribution in [2.24, 2.45) is 0 Å². The number of halogens is 1. The van der Waals surface area contributed by atoms with Crippen LogP contribution < -0.4 is 5.32 Å². The molecule has 0 aliphatic carbocycles. The number of hydrogen-bond acceptors (Lipinski definition) is 3. The van der Waals surface area contributed by atoms with Crippen LogP contribution in [0.25, 0.3) is 0 Å². The Morgan fingerprint density at radius 1 is 1.64 bits per heavy atom. The molecule has 2 heterocycles. The van der Waals surface area contributed by atoms with Crippen molar-refractivity contribution < 1.29 is 9.53 Å². The number of carbonyl (C=O) groups is 1. The molecule has 1 unspecified atom stereocenters. The summed E-state index contributed by atoms with van der Waals surface area (Å²) in [5, 5.41) is 2.96. The van der Waals surface area contributed by atoms with Crippen molar-refractivity contribution in [1.82, 2.24) is 10.3 Å². The highest BCUT2D eigenvalue weighted by molar-refractivity contribution is 6.30. The minimum absolute atomic E-state index is 0.317. The molecule has 0 radical (unpaired) electrons. The van der Waals surface area contributed by atoms with Gasteiger partial charge in [0.25, 0.3) is 0 Å². The molecule has 1 fully saturated rings. The van der Waals surface area contributed by atoms with E-state index < -0.39 is 6.09 Å². The number of aryl methyl sites for hydroxylation is 1. The van der Waals surface area contributed by atoms with Crippen LogP contribution in [0.2, 0.25) is 5.15 Å². The van der Waals surface area contributed by atoms with Crippen LogP contribution in [0.3, 0.4) is 0 Å². The first-order chi connectivity index (χ1) is 6.66. The van der Waals surface area contributed by atoms with Crippen molar-refractivity contribution in [3.63, 3.8) is 0 Å². The van der Waals surface area contributed by atoms with Crippen LogP contribution in [0.4, 0.5) is 4.79 Å². The molecule has 14 heavy (non-hydrogen) atoms. The zero-order chi connectivity index (χ0) is 10.1. The third-order valence-electron chi connectivity index (χ3n) is 2.04. The molecule has 1 aliphatic heterocycles. The van der Waals surface area contributed by atoms with Crippen molar-refractivity contribution in [3.05, 3.63) is 28.5 Å². The fourth-order valence-corrected chi connectivity index (χ4v) is 1.66. The van der Waals surface area contributed by atoms with Gasteiger partial charge in [0.15, 0.2) is 0 Å². The molecule has 2 rings (SSSR count). The van der Waals surface area contributed by atoms with E-state index in [9.17, 15) is 4.79 Å². The predicted octanol–water partition coefficient (Wildman–Crippen LogP) is 1.82. The molecule has 1 amide bonds. The van der Waals surface area contributed by atoms with E-state index >= 15 is 0 Å². The van der Waals surface area contributed by atoms with Gasteiger partial charge in [0.05, 0.1) is 6.54 Å². The van der Waals surface area contributed by atoms with Crippen LogP contribution >= 0.6 is 11.6 Å². The van der Waals surface area contributed by atoms with Gasteiger partial charge in [-0.1, -0.05) is 17.7 Å². The smallest absolute Gasteiger partial charge is 0.407 e. The summed E-state index contributed by atoms with van der Waals surface area (Å²) in [7, 11) is 0. The molecule has 1 aromatic rings. The molecule has 0 bridgehead atoms. The standard InChI is InChI=1S/C9H9ClN2O2/c1-5-2-3-6(8(10)12-5)7-4-11-9(13)14-7/h2-3,7H,4H2,1H3,(H,11,13). The minimum atomic E-state index is -0.411. The van der Waals surface area contributed by atoms with E-state index in [4.69, 9.17) is 16.3 Å². The van der Waals surface area contributed by atoms with E-state index in [1.54, 1.807) is 0 Å². The molecule has 1 aromatic heterocycles. The van der Waals surface area contributed by atoms with E-state index in [-0.39, 0.29) is 6.10 Å². The quantitative estimate of drug-likeness (QED) is 0.723. The maximum Gasteiger partial charge on any atom is 0.407 e. The van der Waals surface area contributed by atoms with Crippen molar-refractivity contribution in [1.29, 1.82) is 0 Å². The molecule has 1 aliphatic rings. The molecule has 1 saturated heterocycles. The average molecular weight is 213 g/mol. The molecule has 74 valence electrons. The predicted molar refractivity (Wildman–Crippen MR) is 51.2 cm³/mol. The third kappa shape index (κ3) is 1.65. The molecule has 0 aromatic carbocycles. The van der Waals surface area contributed by atoms with E-state index in [2.05, 4.69) is 10.3 Å². The third-order valence-corrected chi connectivity index (χ3v) is 2.35. The van der Waals surface area contributed by atoms with Crippen LogP contribution in [0.15, 0.2) is 12.1 Å². The van der Waals surface area contributed by atoms with Gasteiger partial charge in [-0.2, -0.15) is 0 Å². The Labute approximate surface area is 86.2 Å². The highest BCUT2D eigenvalue weighted by Gasteiger charge is 2.26. The number of amides is 1. The second-order valence-corrected chi connectivity index (χ2v) is 3.47. The zero-order valence-electron chi connectivity index (χ0n) is 7.58. The Kier molecular flexibility index (Phi) is 2.29. The van der Waals surface area contributed by atoms with Crippen LogP contribution in [0.5, 0.6) is 0 Å². The van der Waals surface area contributed by atoms with Gasteiger partial charge in [0.2, 0.25) is 0 Å². The SMILES string of the molecule is Cc1ccc(C2CNC(=O)O2)c(Cl)n1. The topological polar surface area (TPSA) is 51.2 Å². The van der Waals surface area contributed by atoms with E-state index in [0.717, 1.165) is 11.3 Å². The summed E-state index contributed by atoms with van der Waals surface area (Å²) in [4.78, 5) is 14.9. The van der Waals surface area contributed by atoms with Gasteiger partial charge in [-0.3, -0.25) is 0 Å². The molecule has 4 nitrogen and oxygen atoms in total. The van der Waals surface area contributed by atoms with Crippen LogP contribution in [0.1, 0.15) is 17.4 Å². The Morgan fingerprint density at radius 2 is 2.43 bits per heavy atom. The lowest BCUT2D eigenvalue weighted by Gasteiger charge is -2.09. The van der Waals surface area contributed by atoms with Gasteiger partial charge in [-0.15, -0.1) is 0 Å². The van der Waals surface area contributed by atoms with Gasteiger partial charge in [0.1, 0.15) is 11.3 Å². The van der Waals surface area contributed by atoms with Crippen LogP contribution in [-0.2, 0) is 4.74 Å². The van der Waals surface area contributed by atoms with Crippen molar-refractivity contribution in [2.45, 2.75) is 13.0 Å². The zero-order valence-corrected chi connectivity index (χ0v) is 8.34. The Hall–Kier alpha value is -1.29. The summed E-state index contributed by atoms with van der Waals surface area (Å²) < 4.78 is 4.99. The second kappa shape index (κ2) is 3.46. The number of hydrogen-bond donors (Lipinski definition) is 1. The number of alkyl carbamates (subject to hydrolysis) is 1. The number of ether oxygens (including phenoxy) is 1. The number of pyridine rings is 1. The molecular formula is C9H9ClN2O2. The highest BCUT2D eigenvalue weighted by Crippen LogP contribution is 2.26. The maximum atomic E-state index is 10.8. The lowest BCUT2D eigenvalue weighted by molar-refractivity contribution is 0.141. The lowest BCUT2D eigenvalue weighted by Crippen LogP contribution is -2.12. The minimum Gasteiger partial charge on any atom is -0.439 e. The second-order valence-electron chi connectivity index (χ2n) is 3.11. The molecule has 0 spiro atoms. The largest absolute Gasteiger partial charge is 0.439 e. The van der Waals surface area contributed by atoms with Gasteiger partial charge in [0, 0.05) is 11.3 Å². The van der Waals surface area contributed by atoms with Gasteiger partial charge in [-0.05, 0) is 13.0 Å². The Balaban J connectivity index is 2.28. The molecule has 1 N–H and O–H groups in total. The van der Waals surface area contributed by atoms with Gasteiger partial charge >= 0.3 is 6.09 Å². The number of cyclic esters (lactones) is 1. The summed E-state index contributed by atoms with van der Waals surface area (Å²) in [5.41, 5.74) is 1.59. The number of carbonyl (C=O) groups excluding carboxylic acids is 1. The summed E-state index contributed by atoms with van der Waals surface area (Å²) >= 11 is 5.93. The van der Waals surface area contributed by atoms with Crippen LogP contribution in [-0.4, -0.2) is 17.6 Å². The maximum absolute atomic E-state index is 10.8. The molecular weight excluding hydrogens is 204 g/mol. The Bertz CT molecular complexity index is 381. The first-order valence-electron chi connectivity index (χ1n) is 4.24. The molecule has 0 saturated carbocycles. The summed E-state index contributed by atoms with van der Waals surface area (Å²) in [6.45, 7) is 2.30. The molecule has 1 atom stereocenters. The number of nitrogens with zero attached hydrogens (tertiary/aromatic N) is 1. The van der Waals surface area contributed by atoms with Gasteiger partial charge < -0.3 is 10.1 Å². The van der Waals surface area contributed by atoms with Crippen LogP contribution in [0, 0.1) is 6.92 Å². The fraction of sp³-hybridized carbons (Fsp3) is 0.333.